The largest absolute Gasteiger partial charge is 0.480 e. The minimum absolute atomic E-state index is 0.104. The molecule has 17 heavy (non-hydrogen) atoms. The summed E-state index contributed by atoms with van der Waals surface area (Å²) in [4.78, 5) is 32.8. The van der Waals surface area contributed by atoms with Crippen molar-refractivity contribution in [3.8, 4) is 0 Å². The normalized spacial score (nSPS) is 24.2. The number of aliphatic carboxylic acids is 2. The van der Waals surface area contributed by atoms with Gasteiger partial charge >= 0.3 is 11.9 Å². The molecule has 1 saturated heterocycles. The Kier molecular flexibility index (Phi) is 4.06. The Morgan fingerprint density at radius 2 is 1.82 bits per heavy atom. The summed E-state index contributed by atoms with van der Waals surface area (Å²) in [6.07, 6.45) is -1.93. The van der Waals surface area contributed by atoms with Crippen molar-refractivity contribution in [3.05, 3.63) is 0 Å². The lowest BCUT2D eigenvalue weighted by molar-refractivity contribution is -0.142. The molecule has 3 N–H and O–H groups in total. The van der Waals surface area contributed by atoms with Gasteiger partial charge in [0.2, 0.25) is 0 Å². The van der Waals surface area contributed by atoms with Gasteiger partial charge in [-0.2, -0.15) is 0 Å². The second kappa shape index (κ2) is 5.13. The number of epoxide rings is 1. The maximum Gasteiger partial charge on any atom is 0.336 e. The zero-order valence-corrected chi connectivity index (χ0v) is 9.54. The van der Waals surface area contributed by atoms with Gasteiger partial charge in [0.25, 0.3) is 5.91 Å². The number of carboxylic acids is 2. The van der Waals surface area contributed by atoms with Crippen molar-refractivity contribution in [2.75, 3.05) is 0 Å². The second-order valence-electron chi connectivity index (χ2n) is 4.34. The monoisotopic (exact) mass is 245 g/mol. The van der Waals surface area contributed by atoms with Gasteiger partial charge < -0.3 is 20.3 Å². The lowest BCUT2D eigenvalue weighted by Crippen LogP contribution is -2.44. The molecule has 3 atom stereocenters. The Morgan fingerprint density at radius 3 is 2.18 bits per heavy atom. The highest BCUT2D eigenvalue weighted by molar-refractivity contribution is 5.94. The molecule has 0 bridgehead atoms. The average Bonchev–Trinajstić information content (AvgIpc) is 2.94. The van der Waals surface area contributed by atoms with Gasteiger partial charge in [0, 0.05) is 0 Å². The molecule has 96 valence electrons. The summed E-state index contributed by atoms with van der Waals surface area (Å²) in [7, 11) is 0. The average molecular weight is 245 g/mol. The first-order valence-corrected chi connectivity index (χ1v) is 5.24. The number of rotatable bonds is 6. The molecular weight excluding hydrogens is 230 g/mol. The Morgan fingerprint density at radius 1 is 1.24 bits per heavy atom. The summed E-state index contributed by atoms with van der Waals surface area (Å²) in [6, 6.07) is -1.01. The van der Waals surface area contributed by atoms with E-state index in [1.54, 1.807) is 0 Å². The van der Waals surface area contributed by atoms with Crippen LogP contribution in [0.3, 0.4) is 0 Å². The van der Waals surface area contributed by atoms with Crippen LogP contribution in [0.15, 0.2) is 0 Å². The molecule has 0 radical (unpaired) electrons. The zero-order valence-electron chi connectivity index (χ0n) is 9.54. The molecule has 0 saturated carbocycles. The standard InChI is InChI=1S/C10H15NO6/c1-4(2)3-5(9(13)14)11-8(12)6-7(17-6)10(15)16/h4-7H,3H2,1-2H3,(H,11,12)(H,13,14)(H,15,16). The zero-order chi connectivity index (χ0) is 13.2. The van der Waals surface area contributed by atoms with Crippen LogP contribution in [0.1, 0.15) is 20.3 Å². The van der Waals surface area contributed by atoms with E-state index < -0.39 is 36.1 Å². The summed E-state index contributed by atoms with van der Waals surface area (Å²) < 4.78 is 4.62. The first-order chi connectivity index (χ1) is 7.82. The number of hydrogen-bond acceptors (Lipinski definition) is 4. The van der Waals surface area contributed by atoms with E-state index in [0.29, 0.717) is 0 Å². The van der Waals surface area contributed by atoms with Crippen molar-refractivity contribution in [2.24, 2.45) is 5.92 Å². The first kappa shape index (κ1) is 13.4. The van der Waals surface area contributed by atoms with Crippen LogP contribution >= 0.6 is 0 Å². The molecule has 0 aromatic rings. The van der Waals surface area contributed by atoms with Gasteiger partial charge in [-0.3, -0.25) is 4.79 Å². The molecule has 1 heterocycles. The number of carbonyl (C=O) groups is 3. The summed E-state index contributed by atoms with van der Waals surface area (Å²) in [5.41, 5.74) is 0. The number of ether oxygens (including phenoxy) is 1. The summed E-state index contributed by atoms with van der Waals surface area (Å²) in [5.74, 6) is -2.95. The molecule has 1 rings (SSSR count). The van der Waals surface area contributed by atoms with Gasteiger partial charge in [0.15, 0.2) is 12.2 Å². The van der Waals surface area contributed by atoms with E-state index in [0.717, 1.165) is 0 Å². The smallest absolute Gasteiger partial charge is 0.336 e. The SMILES string of the molecule is CC(C)CC(NC(=O)C1OC1C(=O)O)C(=O)O. The van der Waals surface area contributed by atoms with Gasteiger partial charge in [-0.15, -0.1) is 0 Å². The van der Waals surface area contributed by atoms with Crippen LogP contribution in [0.5, 0.6) is 0 Å². The van der Waals surface area contributed by atoms with Crippen LogP contribution < -0.4 is 5.32 Å². The molecule has 0 aliphatic carbocycles. The third kappa shape index (κ3) is 3.70. The van der Waals surface area contributed by atoms with E-state index in [9.17, 15) is 14.4 Å². The van der Waals surface area contributed by atoms with Crippen LogP contribution in [-0.2, 0) is 19.1 Å². The highest BCUT2D eigenvalue weighted by Gasteiger charge is 2.51. The van der Waals surface area contributed by atoms with Gasteiger partial charge in [-0.25, -0.2) is 9.59 Å². The minimum atomic E-state index is -1.22. The predicted octanol–water partition coefficient (Wildman–Crippen LogP) is -0.546. The Labute approximate surface area is 97.8 Å². The first-order valence-electron chi connectivity index (χ1n) is 5.24. The van der Waals surface area contributed by atoms with E-state index in [-0.39, 0.29) is 12.3 Å². The van der Waals surface area contributed by atoms with Crippen LogP contribution in [0.2, 0.25) is 0 Å². The predicted molar refractivity (Wildman–Crippen MR) is 55.3 cm³/mol. The molecule has 1 aliphatic heterocycles. The molecule has 0 spiro atoms. The van der Waals surface area contributed by atoms with Gasteiger partial charge in [-0.05, 0) is 12.3 Å². The van der Waals surface area contributed by atoms with Gasteiger partial charge in [0.1, 0.15) is 6.04 Å². The molecule has 3 unspecified atom stereocenters. The lowest BCUT2D eigenvalue weighted by atomic mass is 10.0. The van der Waals surface area contributed by atoms with Crippen molar-refractivity contribution < 1.29 is 29.3 Å². The third-order valence-electron chi connectivity index (χ3n) is 2.32. The number of nitrogens with one attached hydrogen (secondary N) is 1. The van der Waals surface area contributed by atoms with E-state index in [2.05, 4.69) is 10.1 Å². The van der Waals surface area contributed by atoms with Gasteiger partial charge in [-0.1, -0.05) is 13.8 Å². The van der Waals surface area contributed by atoms with Crippen LogP contribution in [0.25, 0.3) is 0 Å². The molecule has 1 fully saturated rings. The Bertz CT molecular complexity index is 340. The summed E-state index contributed by atoms with van der Waals surface area (Å²) >= 11 is 0. The number of carboxylic acid groups (broad SMARTS) is 2. The van der Waals surface area contributed by atoms with Crippen molar-refractivity contribution in [3.63, 3.8) is 0 Å². The van der Waals surface area contributed by atoms with Gasteiger partial charge in [0.05, 0.1) is 0 Å². The highest BCUT2D eigenvalue weighted by atomic mass is 16.6. The van der Waals surface area contributed by atoms with Crippen LogP contribution in [-0.4, -0.2) is 46.3 Å². The van der Waals surface area contributed by atoms with Crippen molar-refractivity contribution in [1.82, 2.24) is 5.32 Å². The number of hydrogen-bond donors (Lipinski definition) is 3. The van der Waals surface area contributed by atoms with E-state index >= 15 is 0 Å². The van der Waals surface area contributed by atoms with Crippen LogP contribution in [0.4, 0.5) is 0 Å². The fourth-order valence-corrected chi connectivity index (χ4v) is 1.45. The second-order valence-corrected chi connectivity index (χ2v) is 4.34. The quantitative estimate of drug-likeness (QED) is 0.541. The highest BCUT2D eigenvalue weighted by Crippen LogP contribution is 2.22. The Balaban J connectivity index is 2.48. The number of amides is 1. The maximum absolute atomic E-state index is 11.5. The van der Waals surface area contributed by atoms with Crippen molar-refractivity contribution >= 4 is 17.8 Å². The van der Waals surface area contributed by atoms with E-state index in [1.165, 1.54) is 0 Å². The maximum atomic E-state index is 11.5. The molecular formula is C10H15NO6. The summed E-state index contributed by atoms with van der Waals surface area (Å²) in [6.45, 7) is 3.66. The topological polar surface area (TPSA) is 116 Å². The number of carbonyl (C=O) groups excluding carboxylic acids is 1. The van der Waals surface area contributed by atoms with Crippen molar-refractivity contribution in [1.29, 1.82) is 0 Å². The van der Waals surface area contributed by atoms with Crippen LogP contribution in [0, 0.1) is 5.92 Å². The molecule has 1 amide bonds. The lowest BCUT2D eigenvalue weighted by Gasteiger charge is -2.15. The molecule has 7 heteroatoms. The molecule has 7 nitrogen and oxygen atoms in total. The molecule has 0 aromatic carbocycles. The minimum Gasteiger partial charge on any atom is -0.480 e. The van der Waals surface area contributed by atoms with Crippen molar-refractivity contribution in [2.45, 2.75) is 38.5 Å². The molecule has 0 aromatic heterocycles. The fourth-order valence-electron chi connectivity index (χ4n) is 1.45. The van der Waals surface area contributed by atoms with E-state index in [4.69, 9.17) is 10.2 Å². The Hall–Kier alpha value is -1.63. The fraction of sp³-hybridized carbons (Fsp3) is 0.700. The third-order valence-corrected chi connectivity index (χ3v) is 2.32. The summed E-state index contributed by atoms with van der Waals surface area (Å²) in [5, 5.41) is 19.7. The molecule has 1 aliphatic rings. The van der Waals surface area contributed by atoms with E-state index in [1.807, 2.05) is 13.8 Å².